The maximum absolute atomic E-state index is 12.5. The van der Waals surface area contributed by atoms with Crippen LogP contribution in [0.25, 0.3) is 5.69 Å². The monoisotopic (exact) mass is 369 g/mol. The van der Waals surface area contributed by atoms with E-state index in [0.29, 0.717) is 22.3 Å². The number of hydrogen-bond acceptors (Lipinski definition) is 7. The maximum Gasteiger partial charge on any atom is 0.237 e. The Labute approximate surface area is 153 Å². The van der Waals surface area contributed by atoms with Gasteiger partial charge in [0, 0.05) is 11.8 Å². The lowest BCUT2D eigenvalue weighted by Crippen LogP contribution is -2.22. The van der Waals surface area contributed by atoms with E-state index in [1.54, 1.807) is 29.8 Å². The molecule has 8 nitrogen and oxygen atoms in total. The van der Waals surface area contributed by atoms with Crippen LogP contribution in [0.1, 0.15) is 6.92 Å². The van der Waals surface area contributed by atoms with Crippen molar-refractivity contribution in [2.45, 2.75) is 17.3 Å². The fourth-order valence-corrected chi connectivity index (χ4v) is 3.22. The molecule has 9 heteroatoms. The number of fused-ring (bicyclic) bond motifs is 1. The Bertz CT molecular complexity index is 931. The van der Waals surface area contributed by atoms with Crippen LogP contribution in [-0.2, 0) is 4.79 Å². The van der Waals surface area contributed by atoms with Gasteiger partial charge in [0.1, 0.15) is 0 Å². The average molecular weight is 369 g/mol. The van der Waals surface area contributed by atoms with Crippen molar-refractivity contribution >= 4 is 23.4 Å². The summed E-state index contributed by atoms with van der Waals surface area (Å²) in [5.74, 6) is 1.14. The summed E-state index contributed by atoms with van der Waals surface area (Å²) in [6, 6.07) is 14.8. The molecule has 0 radical (unpaired) electrons. The molecule has 0 bridgehead atoms. The van der Waals surface area contributed by atoms with E-state index >= 15 is 0 Å². The molecular formula is C17H15N5O3S. The van der Waals surface area contributed by atoms with Crippen LogP contribution in [0.4, 0.5) is 5.69 Å². The predicted molar refractivity (Wildman–Crippen MR) is 95.7 cm³/mol. The average Bonchev–Trinajstić information content (AvgIpc) is 3.31. The second-order valence-electron chi connectivity index (χ2n) is 5.53. The fraction of sp³-hybridized carbons (Fsp3) is 0.176. The van der Waals surface area contributed by atoms with Crippen LogP contribution in [0.5, 0.6) is 11.5 Å². The first-order valence-electron chi connectivity index (χ1n) is 7.92. The van der Waals surface area contributed by atoms with Gasteiger partial charge in [-0.05, 0) is 41.6 Å². The summed E-state index contributed by atoms with van der Waals surface area (Å²) >= 11 is 1.28. The Morgan fingerprint density at radius 2 is 2.00 bits per heavy atom. The summed E-state index contributed by atoms with van der Waals surface area (Å²) in [5, 5.41) is 14.7. The van der Waals surface area contributed by atoms with E-state index in [-0.39, 0.29) is 12.7 Å². The van der Waals surface area contributed by atoms with Gasteiger partial charge < -0.3 is 14.8 Å². The van der Waals surface area contributed by atoms with Crippen LogP contribution in [0, 0.1) is 0 Å². The molecule has 26 heavy (non-hydrogen) atoms. The summed E-state index contributed by atoms with van der Waals surface area (Å²) in [4.78, 5) is 12.5. The molecule has 1 aromatic heterocycles. The number of ether oxygens (including phenoxy) is 2. The van der Waals surface area contributed by atoms with Gasteiger partial charge in [-0.15, -0.1) is 5.10 Å². The van der Waals surface area contributed by atoms with Crippen molar-refractivity contribution in [1.82, 2.24) is 20.2 Å². The Balaban J connectivity index is 1.45. The predicted octanol–water partition coefficient (Wildman–Crippen LogP) is 2.51. The van der Waals surface area contributed by atoms with Crippen LogP contribution in [-0.4, -0.2) is 38.2 Å². The Morgan fingerprint density at radius 1 is 1.19 bits per heavy atom. The minimum atomic E-state index is -0.395. The largest absolute Gasteiger partial charge is 0.454 e. The molecule has 0 spiro atoms. The van der Waals surface area contributed by atoms with E-state index in [2.05, 4.69) is 20.8 Å². The Morgan fingerprint density at radius 3 is 2.85 bits per heavy atom. The first kappa shape index (κ1) is 16.4. The number of amides is 1. The SMILES string of the molecule is C[C@@H](Sc1nnnn1-c1ccccc1)C(=O)Nc1ccc2c(c1)OCO2. The highest BCUT2D eigenvalue weighted by Crippen LogP contribution is 2.34. The number of rotatable bonds is 5. The Hall–Kier alpha value is -3.07. The van der Waals surface area contributed by atoms with E-state index in [1.165, 1.54) is 11.8 Å². The smallest absolute Gasteiger partial charge is 0.237 e. The number of aromatic nitrogens is 4. The van der Waals surface area contributed by atoms with Crippen molar-refractivity contribution in [1.29, 1.82) is 0 Å². The third kappa shape index (κ3) is 3.33. The zero-order valence-electron chi connectivity index (χ0n) is 13.8. The van der Waals surface area contributed by atoms with Gasteiger partial charge in [-0.25, -0.2) is 0 Å². The number of anilines is 1. The summed E-state index contributed by atoms with van der Waals surface area (Å²) in [7, 11) is 0. The van der Waals surface area contributed by atoms with Crippen molar-refractivity contribution in [3.8, 4) is 17.2 Å². The zero-order chi connectivity index (χ0) is 17.9. The van der Waals surface area contributed by atoms with Crippen molar-refractivity contribution < 1.29 is 14.3 Å². The zero-order valence-corrected chi connectivity index (χ0v) is 14.6. The van der Waals surface area contributed by atoms with Gasteiger partial charge in [0.2, 0.25) is 17.9 Å². The standard InChI is InChI=1S/C17H15N5O3S/c1-11(16(23)18-12-7-8-14-15(9-12)25-10-24-14)26-17-19-20-21-22(17)13-5-3-2-4-6-13/h2-9,11H,10H2,1H3,(H,18,23)/t11-/m1/s1. The van der Waals surface area contributed by atoms with Crippen molar-refractivity contribution in [3.05, 3.63) is 48.5 Å². The topological polar surface area (TPSA) is 91.2 Å². The van der Waals surface area contributed by atoms with Crippen molar-refractivity contribution in [3.63, 3.8) is 0 Å². The number of nitrogens with one attached hydrogen (secondary N) is 1. The van der Waals surface area contributed by atoms with Crippen molar-refractivity contribution in [2.24, 2.45) is 0 Å². The molecule has 132 valence electrons. The molecule has 0 aliphatic carbocycles. The molecule has 2 aromatic carbocycles. The molecule has 0 unspecified atom stereocenters. The first-order chi connectivity index (χ1) is 12.7. The summed E-state index contributed by atoms with van der Waals surface area (Å²) in [6.45, 7) is 2.00. The summed E-state index contributed by atoms with van der Waals surface area (Å²) in [5.41, 5.74) is 1.48. The van der Waals surface area contributed by atoms with Crippen LogP contribution in [0.3, 0.4) is 0 Å². The van der Waals surface area contributed by atoms with Gasteiger partial charge in [0.25, 0.3) is 0 Å². The molecule has 0 saturated heterocycles. The quantitative estimate of drug-likeness (QED) is 0.691. The number of para-hydroxylation sites is 1. The van der Waals surface area contributed by atoms with E-state index in [9.17, 15) is 4.79 Å². The van der Waals surface area contributed by atoms with E-state index in [4.69, 9.17) is 9.47 Å². The lowest BCUT2D eigenvalue weighted by molar-refractivity contribution is -0.115. The molecule has 4 rings (SSSR count). The maximum atomic E-state index is 12.5. The summed E-state index contributed by atoms with van der Waals surface area (Å²) in [6.07, 6.45) is 0. The number of carbonyl (C=O) groups excluding carboxylic acids is 1. The molecule has 1 aliphatic rings. The summed E-state index contributed by atoms with van der Waals surface area (Å²) < 4.78 is 12.2. The van der Waals surface area contributed by atoms with Crippen molar-refractivity contribution in [2.75, 3.05) is 12.1 Å². The number of benzene rings is 2. The highest BCUT2D eigenvalue weighted by atomic mass is 32.2. The van der Waals surface area contributed by atoms with Gasteiger partial charge in [0.05, 0.1) is 10.9 Å². The first-order valence-corrected chi connectivity index (χ1v) is 8.79. The minimum Gasteiger partial charge on any atom is -0.454 e. The van der Waals surface area contributed by atoms with Gasteiger partial charge in [-0.1, -0.05) is 30.0 Å². The minimum absolute atomic E-state index is 0.156. The number of carbonyl (C=O) groups is 1. The van der Waals surface area contributed by atoms with E-state index in [1.807, 2.05) is 30.3 Å². The van der Waals surface area contributed by atoms with Crippen LogP contribution in [0.2, 0.25) is 0 Å². The van der Waals surface area contributed by atoms with Gasteiger partial charge in [-0.2, -0.15) is 4.68 Å². The number of tetrazole rings is 1. The molecule has 1 atom stereocenters. The molecule has 2 heterocycles. The lowest BCUT2D eigenvalue weighted by Gasteiger charge is -2.12. The van der Waals surface area contributed by atoms with Crippen LogP contribution in [0.15, 0.2) is 53.7 Å². The molecule has 0 saturated carbocycles. The van der Waals surface area contributed by atoms with Gasteiger partial charge in [0.15, 0.2) is 11.5 Å². The number of nitrogens with zero attached hydrogens (tertiary/aromatic N) is 4. The third-order valence-electron chi connectivity index (χ3n) is 3.73. The normalized spacial score (nSPS) is 13.4. The molecule has 1 amide bonds. The van der Waals surface area contributed by atoms with E-state index < -0.39 is 5.25 Å². The van der Waals surface area contributed by atoms with Gasteiger partial charge >= 0.3 is 0 Å². The second kappa shape index (κ2) is 7.04. The highest BCUT2D eigenvalue weighted by molar-refractivity contribution is 8.00. The van der Waals surface area contributed by atoms with E-state index in [0.717, 1.165) is 5.69 Å². The lowest BCUT2D eigenvalue weighted by atomic mass is 10.2. The number of thioether (sulfide) groups is 1. The van der Waals surface area contributed by atoms with Gasteiger partial charge in [-0.3, -0.25) is 4.79 Å². The number of hydrogen-bond donors (Lipinski definition) is 1. The molecule has 1 N–H and O–H groups in total. The molecule has 1 aliphatic heterocycles. The molecule has 0 fully saturated rings. The van der Waals surface area contributed by atoms with Crippen LogP contribution < -0.4 is 14.8 Å². The Kier molecular flexibility index (Phi) is 4.44. The van der Waals surface area contributed by atoms with Crippen LogP contribution >= 0.6 is 11.8 Å². The highest BCUT2D eigenvalue weighted by Gasteiger charge is 2.20. The molecule has 3 aromatic rings. The fourth-order valence-electron chi connectivity index (χ4n) is 2.41. The third-order valence-corrected chi connectivity index (χ3v) is 4.77. The molecular weight excluding hydrogens is 354 g/mol. The second-order valence-corrected chi connectivity index (χ2v) is 6.83.